The van der Waals surface area contributed by atoms with Crippen molar-refractivity contribution in [3.8, 4) is 11.5 Å². The van der Waals surface area contributed by atoms with Gasteiger partial charge in [-0.3, -0.25) is 4.79 Å². The maximum absolute atomic E-state index is 13.7. The van der Waals surface area contributed by atoms with E-state index in [1.165, 1.54) is 6.42 Å². The Morgan fingerprint density at radius 2 is 1.62 bits per heavy atom. The number of hydrogen-bond acceptors (Lipinski definition) is 4. The van der Waals surface area contributed by atoms with Crippen LogP contribution in [0.4, 0.5) is 5.69 Å². The van der Waals surface area contributed by atoms with Gasteiger partial charge in [-0.05, 0) is 48.2 Å². The third kappa shape index (κ3) is 3.78. The number of likely N-dealkylation sites (N-methyl/N-ethyl adjacent to an activating group) is 1. The minimum Gasteiger partial charge on any atom is -0.454 e. The molecular weight excluding hydrogens is 364 g/mol. The predicted molar refractivity (Wildman–Crippen MR) is 115 cm³/mol. The first-order valence-corrected chi connectivity index (χ1v) is 10.4. The summed E-state index contributed by atoms with van der Waals surface area (Å²) in [4.78, 5) is 17.7. The summed E-state index contributed by atoms with van der Waals surface area (Å²) in [5, 5.41) is 0. The van der Waals surface area contributed by atoms with Crippen molar-refractivity contribution >= 4 is 11.6 Å². The molecule has 4 rings (SSSR count). The van der Waals surface area contributed by atoms with Crippen LogP contribution in [-0.4, -0.2) is 38.7 Å². The molecule has 1 amide bonds. The Kier molecular flexibility index (Phi) is 5.39. The largest absolute Gasteiger partial charge is 0.454 e. The van der Waals surface area contributed by atoms with Gasteiger partial charge in [-0.15, -0.1) is 0 Å². The molecule has 2 aromatic carbocycles. The maximum atomic E-state index is 13.7. The Morgan fingerprint density at radius 1 is 0.931 bits per heavy atom. The molecule has 29 heavy (non-hydrogen) atoms. The SMILES string of the molecule is CN(Cc1ccc(N(C)C)cc1)C(=O)C1(c2ccc3c(c2)OCO3)CCCCC1. The first-order chi connectivity index (χ1) is 14.0. The second kappa shape index (κ2) is 7.97. The maximum Gasteiger partial charge on any atom is 0.233 e. The van der Waals surface area contributed by atoms with E-state index < -0.39 is 5.41 Å². The topological polar surface area (TPSA) is 42.0 Å². The fourth-order valence-electron chi connectivity index (χ4n) is 4.59. The lowest BCUT2D eigenvalue weighted by molar-refractivity contribution is -0.138. The van der Waals surface area contributed by atoms with Crippen molar-refractivity contribution in [2.75, 3.05) is 32.8 Å². The van der Waals surface area contributed by atoms with Gasteiger partial charge in [-0.25, -0.2) is 0 Å². The minimum absolute atomic E-state index is 0.202. The standard InChI is InChI=1S/C24H30N2O3/c1-25(2)20-10-7-18(8-11-20)16-26(3)23(27)24(13-5-4-6-14-24)19-9-12-21-22(15-19)29-17-28-21/h7-12,15H,4-6,13-14,16-17H2,1-3H3. The van der Waals surface area contributed by atoms with E-state index in [-0.39, 0.29) is 12.7 Å². The van der Waals surface area contributed by atoms with E-state index >= 15 is 0 Å². The number of rotatable bonds is 5. The summed E-state index contributed by atoms with van der Waals surface area (Å²) in [7, 11) is 5.98. The monoisotopic (exact) mass is 394 g/mol. The van der Waals surface area contributed by atoms with Gasteiger partial charge in [0.1, 0.15) is 0 Å². The van der Waals surface area contributed by atoms with E-state index in [0.29, 0.717) is 6.54 Å². The van der Waals surface area contributed by atoms with Crippen molar-refractivity contribution in [3.05, 3.63) is 53.6 Å². The second-order valence-corrected chi connectivity index (χ2v) is 8.43. The van der Waals surface area contributed by atoms with Crippen LogP contribution in [0.15, 0.2) is 42.5 Å². The summed E-state index contributed by atoms with van der Waals surface area (Å²) >= 11 is 0. The lowest BCUT2D eigenvalue weighted by Crippen LogP contribution is -2.46. The van der Waals surface area contributed by atoms with Crippen LogP contribution in [0.1, 0.15) is 43.2 Å². The Morgan fingerprint density at radius 3 is 2.31 bits per heavy atom. The van der Waals surface area contributed by atoms with Gasteiger partial charge in [0.2, 0.25) is 12.7 Å². The molecule has 0 saturated heterocycles. The molecule has 1 aliphatic carbocycles. The van der Waals surface area contributed by atoms with Crippen molar-refractivity contribution in [1.29, 1.82) is 0 Å². The molecule has 1 aliphatic heterocycles. The molecule has 0 unspecified atom stereocenters. The van der Waals surface area contributed by atoms with Gasteiger partial charge in [0.05, 0.1) is 5.41 Å². The van der Waals surface area contributed by atoms with E-state index in [2.05, 4.69) is 35.2 Å². The van der Waals surface area contributed by atoms with Gasteiger partial charge >= 0.3 is 0 Å². The molecule has 5 heteroatoms. The van der Waals surface area contributed by atoms with Crippen LogP contribution in [0.25, 0.3) is 0 Å². The number of carbonyl (C=O) groups excluding carboxylic acids is 1. The molecule has 2 aliphatic rings. The van der Waals surface area contributed by atoms with Gasteiger partial charge in [0.15, 0.2) is 11.5 Å². The summed E-state index contributed by atoms with van der Waals surface area (Å²) in [6.07, 6.45) is 5.11. The zero-order valence-corrected chi connectivity index (χ0v) is 17.6. The van der Waals surface area contributed by atoms with E-state index in [1.54, 1.807) is 0 Å². The van der Waals surface area contributed by atoms with Crippen LogP contribution >= 0.6 is 0 Å². The fourth-order valence-corrected chi connectivity index (χ4v) is 4.59. The van der Waals surface area contributed by atoms with Gasteiger partial charge in [-0.2, -0.15) is 0 Å². The number of hydrogen-bond donors (Lipinski definition) is 0. The van der Waals surface area contributed by atoms with Crippen molar-refractivity contribution in [2.45, 2.75) is 44.1 Å². The van der Waals surface area contributed by atoms with Crippen LogP contribution in [-0.2, 0) is 16.8 Å². The third-order valence-corrected chi connectivity index (χ3v) is 6.26. The van der Waals surface area contributed by atoms with Crippen LogP contribution in [0, 0.1) is 0 Å². The third-order valence-electron chi connectivity index (χ3n) is 6.26. The number of fused-ring (bicyclic) bond motifs is 1. The zero-order chi connectivity index (χ0) is 20.4. The molecule has 2 aromatic rings. The van der Waals surface area contributed by atoms with Gasteiger partial charge in [0, 0.05) is 33.4 Å². The molecule has 0 atom stereocenters. The molecule has 0 bridgehead atoms. The van der Waals surface area contributed by atoms with E-state index in [1.807, 2.05) is 38.2 Å². The normalized spacial score (nSPS) is 17.1. The van der Waals surface area contributed by atoms with Gasteiger partial charge in [-0.1, -0.05) is 37.5 Å². The smallest absolute Gasteiger partial charge is 0.233 e. The molecule has 1 saturated carbocycles. The summed E-state index contributed by atoms with van der Waals surface area (Å²) in [6, 6.07) is 14.4. The van der Waals surface area contributed by atoms with Crippen LogP contribution in [0.2, 0.25) is 0 Å². The lowest BCUT2D eigenvalue weighted by atomic mass is 9.68. The van der Waals surface area contributed by atoms with Gasteiger partial charge in [0.25, 0.3) is 0 Å². The molecule has 5 nitrogen and oxygen atoms in total. The van der Waals surface area contributed by atoms with Crippen molar-refractivity contribution in [1.82, 2.24) is 4.90 Å². The van der Waals surface area contributed by atoms with Crippen LogP contribution in [0.5, 0.6) is 11.5 Å². The highest BCUT2D eigenvalue weighted by Crippen LogP contribution is 2.44. The molecule has 1 heterocycles. The average Bonchev–Trinajstić information content (AvgIpc) is 3.22. The zero-order valence-electron chi connectivity index (χ0n) is 17.6. The van der Waals surface area contributed by atoms with Crippen molar-refractivity contribution < 1.29 is 14.3 Å². The number of ether oxygens (including phenoxy) is 2. The summed E-state index contributed by atoms with van der Waals surface area (Å²) in [5.41, 5.74) is 2.88. The highest BCUT2D eigenvalue weighted by Gasteiger charge is 2.43. The Balaban J connectivity index is 1.58. The minimum atomic E-state index is -0.475. The van der Waals surface area contributed by atoms with Crippen LogP contribution < -0.4 is 14.4 Å². The van der Waals surface area contributed by atoms with Crippen LogP contribution in [0.3, 0.4) is 0 Å². The van der Waals surface area contributed by atoms with Gasteiger partial charge < -0.3 is 19.3 Å². The Hall–Kier alpha value is -2.69. The Labute approximate surface area is 173 Å². The molecule has 154 valence electrons. The second-order valence-electron chi connectivity index (χ2n) is 8.43. The van der Waals surface area contributed by atoms with Crippen molar-refractivity contribution in [3.63, 3.8) is 0 Å². The molecule has 0 N–H and O–H groups in total. The fraction of sp³-hybridized carbons (Fsp3) is 0.458. The predicted octanol–water partition coefficient (Wildman–Crippen LogP) is 4.34. The number of carbonyl (C=O) groups is 1. The van der Waals surface area contributed by atoms with Crippen molar-refractivity contribution in [2.24, 2.45) is 0 Å². The lowest BCUT2D eigenvalue weighted by Gasteiger charge is -2.39. The quantitative estimate of drug-likeness (QED) is 0.756. The van der Waals surface area contributed by atoms with E-state index in [4.69, 9.17) is 9.47 Å². The first kappa shape index (κ1) is 19.6. The number of nitrogens with zero attached hydrogens (tertiary/aromatic N) is 2. The molecule has 1 fully saturated rings. The van der Waals surface area contributed by atoms with E-state index in [9.17, 15) is 4.79 Å². The van der Waals surface area contributed by atoms with E-state index in [0.717, 1.165) is 54.0 Å². The summed E-state index contributed by atoms with van der Waals surface area (Å²) in [5.74, 6) is 1.72. The molecule has 0 aromatic heterocycles. The first-order valence-electron chi connectivity index (χ1n) is 10.4. The summed E-state index contributed by atoms with van der Waals surface area (Å²) in [6.45, 7) is 0.863. The summed E-state index contributed by atoms with van der Waals surface area (Å²) < 4.78 is 11.1. The highest BCUT2D eigenvalue weighted by molar-refractivity contribution is 5.88. The number of amides is 1. The Bertz CT molecular complexity index is 870. The molecule has 0 radical (unpaired) electrons. The molecular formula is C24H30N2O3. The molecule has 0 spiro atoms. The number of benzene rings is 2. The number of anilines is 1. The average molecular weight is 395 g/mol. The highest BCUT2D eigenvalue weighted by atomic mass is 16.7.